The molecule has 2 unspecified atom stereocenters. The summed E-state index contributed by atoms with van der Waals surface area (Å²) in [4.78, 5) is 0. The van der Waals surface area contributed by atoms with Crippen LogP contribution in [-0.2, 0) is 25.7 Å². The van der Waals surface area contributed by atoms with Gasteiger partial charge in [0.2, 0.25) is 0 Å². The van der Waals surface area contributed by atoms with Crippen LogP contribution in [0.3, 0.4) is 0 Å². The smallest absolute Gasteiger partial charge is 0.134 e. The zero-order valence-corrected chi connectivity index (χ0v) is 19.2. The minimum absolute atomic E-state index is 0. The number of furan rings is 1. The van der Waals surface area contributed by atoms with Crippen molar-refractivity contribution in [1.82, 2.24) is 5.32 Å². The molecule has 0 saturated heterocycles. The standard InChI is InChI=1S/C27H31NO3.ClH/c29-24(17-28-23-12-9-19-5-1-2-6-21(19)15-23)18-30-25-13-10-20(11-14-25)27-16-22-7-3-4-8-26(22)31-27;/h1-2,5-6,10-11,13-14,16,23-24,28-29H,3-4,7-9,12,15,17-18H2;1H. The number of halogens is 1. The maximum Gasteiger partial charge on any atom is 0.134 e. The zero-order valence-electron chi connectivity index (χ0n) is 18.4. The van der Waals surface area contributed by atoms with Gasteiger partial charge in [-0.25, -0.2) is 0 Å². The Kier molecular flexibility index (Phi) is 7.56. The number of nitrogens with one attached hydrogen (secondary N) is 1. The van der Waals surface area contributed by atoms with Gasteiger partial charge in [-0.1, -0.05) is 24.3 Å². The number of ether oxygens (including phenoxy) is 1. The number of aliphatic hydroxyl groups is 1. The number of rotatable bonds is 7. The molecule has 2 aliphatic rings. The lowest BCUT2D eigenvalue weighted by molar-refractivity contribution is 0.103. The lowest BCUT2D eigenvalue weighted by Crippen LogP contribution is -2.40. The molecule has 2 aliphatic carbocycles. The molecule has 5 heteroatoms. The van der Waals surface area contributed by atoms with Gasteiger partial charge in [0.15, 0.2) is 0 Å². The van der Waals surface area contributed by atoms with Crippen LogP contribution in [0.2, 0.25) is 0 Å². The third-order valence-electron chi connectivity index (χ3n) is 6.57. The summed E-state index contributed by atoms with van der Waals surface area (Å²) in [5.41, 5.74) is 5.32. The molecule has 1 heterocycles. The number of aryl methyl sites for hydroxylation is 3. The van der Waals surface area contributed by atoms with Crippen molar-refractivity contribution in [2.45, 2.75) is 57.1 Å². The highest BCUT2D eigenvalue weighted by atomic mass is 35.5. The zero-order chi connectivity index (χ0) is 21.0. The van der Waals surface area contributed by atoms with E-state index in [-0.39, 0.29) is 19.0 Å². The maximum absolute atomic E-state index is 10.4. The molecule has 2 aromatic carbocycles. The van der Waals surface area contributed by atoms with Crippen LogP contribution < -0.4 is 10.1 Å². The molecule has 0 aliphatic heterocycles. The molecule has 0 fully saturated rings. The quantitative estimate of drug-likeness (QED) is 0.520. The minimum atomic E-state index is -0.534. The second-order valence-electron chi connectivity index (χ2n) is 8.87. The number of aliphatic hydroxyl groups excluding tert-OH is 1. The van der Waals surface area contributed by atoms with Crippen LogP contribution in [-0.4, -0.2) is 30.4 Å². The van der Waals surface area contributed by atoms with Gasteiger partial charge in [0.05, 0.1) is 0 Å². The molecule has 0 saturated carbocycles. The summed E-state index contributed by atoms with van der Waals surface area (Å²) in [6.45, 7) is 0.827. The highest BCUT2D eigenvalue weighted by Gasteiger charge is 2.19. The van der Waals surface area contributed by atoms with Gasteiger partial charge in [-0.3, -0.25) is 0 Å². The highest BCUT2D eigenvalue weighted by Crippen LogP contribution is 2.31. The molecule has 5 rings (SSSR count). The van der Waals surface area contributed by atoms with Crippen LogP contribution in [0.1, 0.15) is 41.7 Å². The number of benzene rings is 2. The Morgan fingerprint density at radius 3 is 2.56 bits per heavy atom. The van der Waals surface area contributed by atoms with Crippen LogP contribution in [0, 0.1) is 0 Å². The molecule has 170 valence electrons. The van der Waals surface area contributed by atoms with Crippen molar-refractivity contribution in [3.05, 3.63) is 77.0 Å². The predicted molar refractivity (Wildman–Crippen MR) is 130 cm³/mol. The average Bonchev–Trinajstić information content (AvgIpc) is 3.26. The van der Waals surface area contributed by atoms with Crippen molar-refractivity contribution in [2.24, 2.45) is 0 Å². The molecule has 0 amide bonds. The second-order valence-corrected chi connectivity index (χ2v) is 8.87. The van der Waals surface area contributed by atoms with E-state index in [0.29, 0.717) is 12.6 Å². The van der Waals surface area contributed by atoms with Gasteiger partial charge in [-0.2, -0.15) is 0 Å². The van der Waals surface area contributed by atoms with Crippen LogP contribution in [0.4, 0.5) is 0 Å². The first-order valence-electron chi connectivity index (χ1n) is 11.6. The predicted octanol–water partition coefficient (Wildman–Crippen LogP) is 5.13. The molecule has 0 radical (unpaired) electrons. The Morgan fingerprint density at radius 2 is 1.75 bits per heavy atom. The first-order valence-corrected chi connectivity index (χ1v) is 11.6. The Balaban J connectivity index is 0.00000245. The first kappa shape index (κ1) is 22.9. The molecule has 2 N–H and O–H groups in total. The molecular weight excluding hydrogens is 422 g/mol. The van der Waals surface area contributed by atoms with E-state index in [9.17, 15) is 5.11 Å². The van der Waals surface area contributed by atoms with Crippen LogP contribution >= 0.6 is 12.4 Å². The lowest BCUT2D eigenvalue weighted by atomic mass is 9.88. The Bertz CT molecular complexity index is 990. The SMILES string of the molecule is Cl.OC(CNC1CCc2ccccc2C1)COc1ccc(-c2cc3c(o2)CCCC3)cc1. The normalized spacial score (nSPS) is 18.2. The number of fused-ring (bicyclic) bond motifs is 2. The van der Waals surface area contributed by atoms with Crippen molar-refractivity contribution in [1.29, 1.82) is 0 Å². The molecule has 0 bridgehead atoms. The molecule has 1 aromatic heterocycles. The molecule has 0 spiro atoms. The monoisotopic (exact) mass is 453 g/mol. The van der Waals surface area contributed by atoms with Crippen molar-refractivity contribution in [3.63, 3.8) is 0 Å². The Morgan fingerprint density at radius 1 is 0.969 bits per heavy atom. The largest absolute Gasteiger partial charge is 0.491 e. The van der Waals surface area contributed by atoms with E-state index in [1.807, 2.05) is 24.3 Å². The summed E-state index contributed by atoms with van der Waals surface area (Å²) in [6.07, 6.45) is 7.36. The van der Waals surface area contributed by atoms with E-state index in [1.54, 1.807) is 0 Å². The van der Waals surface area contributed by atoms with Gasteiger partial charge >= 0.3 is 0 Å². The molecule has 2 atom stereocenters. The molecular formula is C27H32ClNO3. The van der Waals surface area contributed by atoms with E-state index >= 15 is 0 Å². The van der Waals surface area contributed by atoms with Gasteiger partial charge in [0.1, 0.15) is 30.0 Å². The average molecular weight is 454 g/mol. The van der Waals surface area contributed by atoms with Gasteiger partial charge in [-0.15, -0.1) is 12.4 Å². The third-order valence-corrected chi connectivity index (χ3v) is 6.57. The fourth-order valence-corrected chi connectivity index (χ4v) is 4.77. The number of hydrogen-bond acceptors (Lipinski definition) is 4. The van der Waals surface area contributed by atoms with Gasteiger partial charge in [-0.05, 0) is 85.5 Å². The fourth-order valence-electron chi connectivity index (χ4n) is 4.77. The summed E-state index contributed by atoms with van der Waals surface area (Å²) < 4.78 is 11.9. The van der Waals surface area contributed by atoms with Crippen molar-refractivity contribution in [3.8, 4) is 17.1 Å². The van der Waals surface area contributed by atoms with Gasteiger partial charge in [0, 0.05) is 24.6 Å². The maximum atomic E-state index is 10.4. The van der Waals surface area contributed by atoms with Gasteiger partial charge in [0.25, 0.3) is 0 Å². The van der Waals surface area contributed by atoms with E-state index in [0.717, 1.165) is 54.9 Å². The van der Waals surface area contributed by atoms with Crippen molar-refractivity contribution in [2.75, 3.05) is 13.2 Å². The van der Waals surface area contributed by atoms with E-state index in [4.69, 9.17) is 9.15 Å². The molecule has 4 nitrogen and oxygen atoms in total. The number of hydrogen-bond donors (Lipinski definition) is 2. The van der Waals surface area contributed by atoms with Crippen LogP contribution in [0.15, 0.2) is 59.0 Å². The van der Waals surface area contributed by atoms with E-state index in [1.165, 1.54) is 29.5 Å². The topological polar surface area (TPSA) is 54.6 Å². The van der Waals surface area contributed by atoms with Crippen molar-refractivity contribution >= 4 is 12.4 Å². The lowest BCUT2D eigenvalue weighted by Gasteiger charge is -2.26. The van der Waals surface area contributed by atoms with Crippen molar-refractivity contribution < 1.29 is 14.3 Å². The fraction of sp³-hybridized carbons (Fsp3) is 0.407. The summed E-state index contributed by atoms with van der Waals surface area (Å²) in [6, 6.07) is 19.2. The van der Waals surface area contributed by atoms with E-state index < -0.39 is 6.10 Å². The Labute approximate surface area is 196 Å². The summed E-state index contributed by atoms with van der Waals surface area (Å²) in [5.74, 6) is 2.86. The molecule has 32 heavy (non-hydrogen) atoms. The highest BCUT2D eigenvalue weighted by molar-refractivity contribution is 5.85. The second kappa shape index (κ2) is 10.6. The van der Waals surface area contributed by atoms with Crippen LogP contribution in [0.25, 0.3) is 11.3 Å². The van der Waals surface area contributed by atoms with E-state index in [2.05, 4.69) is 35.6 Å². The first-order chi connectivity index (χ1) is 15.2. The summed E-state index contributed by atoms with van der Waals surface area (Å²) in [5, 5.41) is 13.9. The molecule has 3 aromatic rings. The minimum Gasteiger partial charge on any atom is -0.491 e. The van der Waals surface area contributed by atoms with Gasteiger partial charge < -0.3 is 19.6 Å². The van der Waals surface area contributed by atoms with Crippen LogP contribution in [0.5, 0.6) is 5.75 Å². The Hall–Kier alpha value is -2.27. The summed E-state index contributed by atoms with van der Waals surface area (Å²) >= 11 is 0. The third kappa shape index (κ3) is 5.37. The summed E-state index contributed by atoms with van der Waals surface area (Å²) in [7, 11) is 0.